The highest BCUT2D eigenvalue weighted by atomic mass is 16.5. The van der Waals surface area contributed by atoms with Crippen molar-refractivity contribution in [1.29, 1.82) is 0 Å². The standard InChI is InChI=1S/C17H20N2O2/c1-11-7-12(2)13-5-4-6-15(14(13)8-11)19-10-18-9-16(19)17(20)21-3/h7-10,15H,4-6H2,1-3H3. The number of carbonyl (C=O) groups is 1. The van der Waals surface area contributed by atoms with E-state index in [-0.39, 0.29) is 12.0 Å². The van der Waals surface area contributed by atoms with Crippen molar-refractivity contribution in [1.82, 2.24) is 9.55 Å². The number of fused-ring (bicyclic) bond motifs is 1. The predicted octanol–water partition coefficient (Wildman–Crippen LogP) is 3.21. The molecule has 3 rings (SSSR count). The molecule has 0 N–H and O–H groups in total. The Morgan fingerprint density at radius 1 is 1.38 bits per heavy atom. The van der Waals surface area contributed by atoms with Gasteiger partial charge >= 0.3 is 5.97 Å². The molecule has 0 saturated heterocycles. The predicted molar refractivity (Wildman–Crippen MR) is 80.6 cm³/mol. The van der Waals surface area contributed by atoms with Crippen molar-refractivity contribution >= 4 is 5.97 Å². The number of aryl methyl sites for hydroxylation is 2. The second kappa shape index (κ2) is 5.35. The molecule has 21 heavy (non-hydrogen) atoms. The van der Waals surface area contributed by atoms with Gasteiger partial charge in [-0.15, -0.1) is 0 Å². The zero-order valence-electron chi connectivity index (χ0n) is 12.7. The van der Waals surface area contributed by atoms with E-state index in [0.717, 1.165) is 19.3 Å². The Balaban J connectivity index is 2.11. The molecular weight excluding hydrogens is 264 g/mol. The first-order valence-electron chi connectivity index (χ1n) is 7.32. The van der Waals surface area contributed by atoms with Crippen molar-refractivity contribution < 1.29 is 9.53 Å². The van der Waals surface area contributed by atoms with Crippen molar-refractivity contribution in [2.45, 2.75) is 39.2 Å². The molecule has 0 radical (unpaired) electrons. The van der Waals surface area contributed by atoms with E-state index in [0.29, 0.717) is 5.69 Å². The maximum Gasteiger partial charge on any atom is 0.356 e. The summed E-state index contributed by atoms with van der Waals surface area (Å²) in [5, 5.41) is 0. The Kier molecular flexibility index (Phi) is 3.53. The van der Waals surface area contributed by atoms with Crippen LogP contribution in [0.25, 0.3) is 0 Å². The number of benzene rings is 1. The lowest BCUT2D eigenvalue weighted by Gasteiger charge is -2.29. The summed E-state index contributed by atoms with van der Waals surface area (Å²) in [6, 6.07) is 4.65. The van der Waals surface area contributed by atoms with E-state index in [1.807, 2.05) is 4.57 Å². The SMILES string of the molecule is COC(=O)c1cncn1C1CCCc2c(C)cc(C)cc21. The number of esters is 1. The summed E-state index contributed by atoms with van der Waals surface area (Å²) < 4.78 is 6.82. The van der Waals surface area contributed by atoms with Gasteiger partial charge in [-0.1, -0.05) is 17.7 Å². The first-order chi connectivity index (χ1) is 10.1. The summed E-state index contributed by atoms with van der Waals surface area (Å²) in [5.41, 5.74) is 5.87. The number of hydrogen-bond acceptors (Lipinski definition) is 3. The first-order valence-corrected chi connectivity index (χ1v) is 7.32. The van der Waals surface area contributed by atoms with Crippen LogP contribution < -0.4 is 0 Å². The van der Waals surface area contributed by atoms with Crippen LogP contribution in [0.4, 0.5) is 0 Å². The molecule has 4 heteroatoms. The highest BCUT2D eigenvalue weighted by Crippen LogP contribution is 2.36. The van der Waals surface area contributed by atoms with Crippen LogP contribution in [0.2, 0.25) is 0 Å². The van der Waals surface area contributed by atoms with Gasteiger partial charge in [0.25, 0.3) is 0 Å². The minimum absolute atomic E-state index is 0.170. The second-order valence-corrected chi connectivity index (χ2v) is 5.74. The highest BCUT2D eigenvalue weighted by Gasteiger charge is 2.26. The molecule has 1 aliphatic carbocycles. The Hall–Kier alpha value is -2.10. The van der Waals surface area contributed by atoms with Crippen LogP contribution in [0.3, 0.4) is 0 Å². The third-order valence-electron chi connectivity index (χ3n) is 4.31. The van der Waals surface area contributed by atoms with E-state index in [2.05, 4.69) is 31.0 Å². The van der Waals surface area contributed by atoms with Gasteiger partial charge in [0.2, 0.25) is 0 Å². The van der Waals surface area contributed by atoms with Crippen LogP contribution in [0.5, 0.6) is 0 Å². The maximum atomic E-state index is 11.9. The quantitative estimate of drug-likeness (QED) is 0.795. The molecule has 1 unspecified atom stereocenters. The zero-order chi connectivity index (χ0) is 15.0. The Morgan fingerprint density at radius 2 is 2.19 bits per heavy atom. The van der Waals surface area contributed by atoms with Crippen LogP contribution in [-0.2, 0) is 11.2 Å². The van der Waals surface area contributed by atoms with E-state index in [1.54, 1.807) is 12.5 Å². The molecule has 2 aromatic rings. The van der Waals surface area contributed by atoms with E-state index >= 15 is 0 Å². The fourth-order valence-corrected chi connectivity index (χ4v) is 3.40. The number of carbonyl (C=O) groups excluding carboxylic acids is 1. The summed E-state index contributed by atoms with van der Waals surface area (Å²) in [5.74, 6) is -0.330. The molecule has 1 aromatic carbocycles. The fourth-order valence-electron chi connectivity index (χ4n) is 3.40. The third-order valence-corrected chi connectivity index (χ3v) is 4.31. The van der Waals surface area contributed by atoms with Gasteiger partial charge in [0.1, 0.15) is 5.69 Å². The van der Waals surface area contributed by atoms with Crippen molar-refractivity contribution in [3.63, 3.8) is 0 Å². The molecular formula is C17H20N2O2. The van der Waals surface area contributed by atoms with Gasteiger partial charge in [0.05, 0.1) is 25.7 Å². The number of methoxy groups -OCH3 is 1. The number of imidazole rings is 1. The van der Waals surface area contributed by atoms with Crippen LogP contribution in [0.15, 0.2) is 24.7 Å². The minimum atomic E-state index is -0.330. The monoisotopic (exact) mass is 284 g/mol. The van der Waals surface area contributed by atoms with E-state index < -0.39 is 0 Å². The average molecular weight is 284 g/mol. The number of ether oxygens (including phenoxy) is 1. The van der Waals surface area contributed by atoms with E-state index in [9.17, 15) is 4.79 Å². The molecule has 1 aliphatic rings. The van der Waals surface area contributed by atoms with Gasteiger partial charge < -0.3 is 9.30 Å². The van der Waals surface area contributed by atoms with Crippen LogP contribution in [0, 0.1) is 13.8 Å². The molecule has 0 fully saturated rings. The molecule has 0 spiro atoms. The lowest BCUT2D eigenvalue weighted by atomic mass is 9.84. The molecule has 0 bridgehead atoms. The van der Waals surface area contributed by atoms with E-state index in [4.69, 9.17) is 4.74 Å². The molecule has 4 nitrogen and oxygen atoms in total. The second-order valence-electron chi connectivity index (χ2n) is 5.74. The number of nitrogens with zero attached hydrogens (tertiary/aromatic N) is 2. The zero-order valence-corrected chi connectivity index (χ0v) is 12.7. The maximum absolute atomic E-state index is 11.9. The summed E-state index contributed by atoms with van der Waals surface area (Å²) >= 11 is 0. The van der Waals surface area contributed by atoms with Crippen molar-refractivity contribution in [2.75, 3.05) is 7.11 Å². The summed E-state index contributed by atoms with van der Waals surface area (Å²) in [6.45, 7) is 4.29. The molecule has 0 saturated carbocycles. The fraction of sp³-hybridized carbons (Fsp3) is 0.412. The topological polar surface area (TPSA) is 44.1 Å². The average Bonchev–Trinajstić information content (AvgIpc) is 2.95. The van der Waals surface area contributed by atoms with Gasteiger partial charge in [-0.3, -0.25) is 0 Å². The van der Waals surface area contributed by atoms with Crippen molar-refractivity contribution in [3.05, 3.63) is 52.6 Å². The smallest absolute Gasteiger partial charge is 0.356 e. The van der Waals surface area contributed by atoms with Crippen molar-refractivity contribution in [2.24, 2.45) is 0 Å². The lowest BCUT2D eigenvalue weighted by molar-refractivity contribution is 0.0586. The number of rotatable bonds is 2. The van der Waals surface area contributed by atoms with Crippen LogP contribution in [0.1, 0.15) is 51.6 Å². The molecule has 0 amide bonds. The minimum Gasteiger partial charge on any atom is -0.464 e. The number of aromatic nitrogens is 2. The molecule has 1 aromatic heterocycles. The molecule has 0 aliphatic heterocycles. The summed E-state index contributed by atoms with van der Waals surface area (Å²) in [6.07, 6.45) is 6.59. The highest BCUT2D eigenvalue weighted by molar-refractivity contribution is 5.87. The molecule has 1 atom stereocenters. The Labute approximate surface area is 124 Å². The van der Waals surface area contributed by atoms with Gasteiger partial charge in [-0.25, -0.2) is 9.78 Å². The number of hydrogen-bond donors (Lipinski definition) is 0. The van der Waals surface area contributed by atoms with Gasteiger partial charge in [-0.05, 0) is 49.8 Å². The largest absolute Gasteiger partial charge is 0.464 e. The van der Waals surface area contributed by atoms with Gasteiger partial charge in [0, 0.05) is 0 Å². The Bertz CT molecular complexity index is 688. The summed E-state index contributed by atoms with van der Waals surface area (Å²) in [7, 11) is 1.41. The normalized spacial score (nSPS) is 17.4. The van der Waals surface area contributed by atoms with Gasteiger partial charge in [0.15, 0.2) is 0 Å². The lowest BCUT2D eigenvalue weighted by Crippen LogP contribution is -2.21. The van der Waals surface area contributed by atoms with Crippen LogP contribution >= 0.6 is 0 Å². The van der Waals surface area contributed by atoms with Crippen LogP contribution in [-0.4, -0.2) is 22.6 Å². The first kappa shape index (κ1) is 13.9. The van der Waals surface area contributed by atoms with E-state index in [1.165, 1.54) is 29.4 Å². The molecule has 1 heterocycles. The molecule has 110 valence electrons. The summed E-state index contributed by atoms with van der Waals surface area (Å²) in [4.78, 5) is 16.0. The third kappa shape index (κ3) is 2.35. The van der Waals surface area contributed by atoms with Crippen molar-refractivity contribution in [3.8, 4) is 0 Å². The van der Waals surface area contributed by atoms with Gasteiger partial charge in [-0.2, -0.15) is 0 Å². The Morgan fingerprint density at radius 3 is 2.95 bits per heavy atom.